The summed E-state index contributed by atoms with van der Waals surface area (Å²) in [5.74, 6) is 0.214. The van der Waals surface area contributed by atoms with Crippen molar-refractivity contribution in [2.45, 2.75) is 19.0 Å². The van der Waals surface area contributed by atoms with Crippen LogP contribution in [0.3, 0.4) is 0 Å². The summed E-state index contributed by atoms with van der Waals surface area (Å²) >= 11 is 3.04. The molecule has 5 rings (SSSR count). The highest BCUT2D eigenvalue weighted by molar-refractivity contribution is 7.18. The fraction of sp³-hybridized carbons (Fsp3) is 0.500. The first-order valence-corrected chi connectivity index (χ1v) is 12.6. The van der Waals surface area contributed by atoms with Gasteiger partial charge in [0.05, 0.1) is 31.5 Å². The zero-order valence-electron chi connectivity index (χ0n) is 17.7. The molecule has 2 saturated heterocycles. The van der Waals surface area contributed by atoms with Crippen molar-refractivity contribution in [1.82, 2.24) is 19.8 Å². The molecule has 10 heteroatoms. The second-order valence-corrected chi connectivity index (χ2v) is 9.93. The molecular formula is C22H26N4O4S2. The predicted molar refractivity (Wildman–Crippen MR) is 125 cm³/mol. The van der Waals surface area contributed by atoms with E-state index < -0.39 is 0 Å². The normalized spacial score (nSPS) is 20.6. The Labute approximate surface area is 193 Å². The first kappa shape index (κ1) is 21.7. The molecule has 8 nitrogen and oxygen atoms in total. The molecule has 3 aromatic rings. The number of morpholine rings is 1. The summed E-state index contributed by atoms with van der Waals surface area (Å²) in [6.45, 7) is 5.14. The zero-order chi connectivity index (χ0) is 21.9. The minimum absolute atomic E-state index is 0.0432. The molecule has 2 aliphatic heterocycles. The lowest BCUT2D eigenvalue weighted by Gasteiger charge is -2.37. The number of carbonyl (C=O) groups is 1. The molecule has 170 valence electrons. The van der Waals surface area contributed by atoms with Gasteiger partial charge in [-0.05, 0) is 17.9 Å². The van der Waals surface area contributed by atoms with E-state index in [0.29, 0.717) is 35.9 Å². The number of carbonyl (C=O) groups excluding carboxylic acids is 1. The second kappa shape index (κ2) is 9.80. The lowest BCUT2D eigenvalue weighted by atomic mass is 9.97. The van der Waals surface area contributed by atoms with E-state index in [1.165, 1.54) is 22.2 Å². The van der Waals surface area contributed by atoms with Crippen molar-refractivity contribution >= 4 is 38.8 Å². The quantitative estimate of drug-likeness (QED) is 0.564. The summed E-state index contributed by atoms with van der Waals surface area (Å²) in [5.41, 5.74) is 0.713. The van der Waals surface area contributed by atoms with E-state index >= 15 is 0 Å². The maximum atomic E-state index is 13.2. The molecule has 2 fully saturated rings. The number of hydrogen-bond donors (Lipinski definition) is 1. The van der Waals surface area contributed by atoms with Crippen molar-refractivity contribution < 1.29 is 14.3 Å². The summed E-state index contributed by atoms with van der Waals surface area (Å²) in [5, 5.41) is 7.59. The molecular weight excluding hydrogens is 448 g/mol. The molecule has 5 heterocycles. The Balaban J connectivity index is 1.29. The van der Waals surface area contributed by atoms with E-state index in [2.05, 4.69) is 15.2 Å². The molecule has 0 aromatic carbocycles. The van der Waals surface area contributed by atoms with Crippen molar-refractivity contribution in [2.75, 3.05) is 46.1 Å². The van der Waals surface area contributed by atoms with Crippen LogP contribution in [0.1, 0.15) is 6.42 Å². The van der Waals surface area contributed by atoms with Gasteiger partial charge in [0, 0.05) is 54.0 Å². The van der Waals surface area contributed by atoms with Crippen LogP contribution in [0.2, 0.25) is 0 Å². The van der Waals surface area contributed by atoms with E-state index in [4.69, 9.17) is 9.47 Å². The Kier molecular flexibility index (Phi) is 6.65. The molecule has 32 heavy (non-hydrogen) atoms. The van der Waals surface area contributed by atoms with Crippen molar-refractivity contribution in [1.29, 1.82) is 0 Å². The molecule has 3 aromatic heterocycles. The first-order chi connectivity index (χ1) is 15.7. The lowest BCUT2D eigenvalue weighted by Crippen LogP contribution is -2.52. The standard InChI is InChI=1S/C22H26N4O4S2/c27-19(23-10-17(15-3-6-30-12-15)25-4-7-29-8-5-25)11-26-14-24-21-20(22(26)28)16(13-32-21)18-2-1-9-31-18/h1-2,9,13-15,17H,3-8,10-12H2,(H,23,27). The number of aromatic nitrogens is 2. The molecule has 0 radical (unpaired) electrons. The van der Waals surface area contributed by atoms with Gasteiger partial charge in [0.1, 0.15) is 11.4 Å². The van der Waals surface area contributed by atoms with Gasteiger partial charge in [-0.3, -0.25) is 19.1 Å². The smallest absolute Gasteiger partial charge is 0.263 e. The van der Waals surface area contributed by atoms with Crippen LogP contribution < -0.4 is 10.9 Å². The van der Waals surface area contributed by atoms with E-state index in [-0.39, 0.29) is 24.1 Å². The van der Waals surface area contributed by atoms with Crippen LogP contribution in [-0.2, 0) is 20.8 Å². The SMILES string of the molecule is O=C(Cn1cnc2scc(-c3cccs3)c2c1=O)NCC(C1CCOC1)N1CCOCC1. The second-order valence-electron chi connectivity index (χ2n) is 8.13. The van der Waals surface area contributed by atoms with E-state index in [1.807, 2.05) is 22.9 Å². The molecule has 0 spiro atoms. The number of thiophene rings is 2. The molecule has 0 bridgehead atoms. The average Bonchev–Trinajstić information content (AvgIpc) is 3.58. The third-order valence-corrected chi connectivity index (χ3v) is 7.98. The van der Waals surface area contributed by atoms with Gasteiger partial charge in [-0.1, -0.05) is 6.07 Å². The number of nitrogens with zero attached hydrogens (tertiary/aromatic N) is 3. The van der Waals surface area contributed by atoms with Crippen LogP contribution in [0.15, 0.2) is 34.0 Å². The van der Waals surface area contributed by atoms with Crippen molar-refractivity contribution in [3.63, 3.8) is 0 Å². The van der Waals surface area contributed by atoms with Gasteiger partial charge in [-0.15, -0.1) is 22.7 Å². The molecule has 0 aliphatic carbocycles. The van der Waals surface area contributed by atoms with Crippen LogP contribution in [0.4, 0.5) is 0 Å². The van der Waals surface area contributed by atoms with Gasteiger partial charge in [0.25, 0.3) is 5.56 Å². The molecule has 2 atom stereocenters. The maximum absolute atomic E-state index is 13.2. The van der Waals surface area contributed by atoms with Gasteiger partial charge < -0.3 is 14.8 Å². The highest BCUT2D eigenvalue weighted by Crippen LogP contribution is 2.33. The summed E-state index contributed by atoms with van der Waals surface area (Å²) in [6.07, 6.45) is 2.48. The topological polar surface area (TPSA) is 85.7 Å². The largest absolute Gasteiger partial charge is 0.381 e. The third-order valence-electron chi connectivity index (χ3n) is 6.19. The minimum Gasteiger partial charge on any atom is -0.381 e. The van der Waals surface area contributed by atoms with Gasteiger partial charge in [0.2, 0.25) is 5.91 Å². The Bertz CT molecular complexity index is 1110. The number of hydrogen-bond acceptors (Lipinski definition) is 8. The minimum atomic E-state index is -0.182. The zero-order valence-corrected chi connectivity index (χ0v) is 19.3. The van der Waals surface area contributed by atoms with Gasteiger partial charge in [0.15, 0.2) is 0 Å². The predicted octanol–water partition coefficient (Wildman–Crippen LogP) is 2.04. The molecule has 2 aliphatic rings. The lowest BCUT2D eigenvalue weighted by molar-refractivity contribution is -0.122. The van der Waals surface area contributed by atoms with Crippen LogP contribution in [0.25, 0.3) is 20.7 Å². The number of rotatable bonds is 7. The van der Waals surface area contributed by atoms with E-state index in [0.717, 1.165) is 43.2 Å². The average molecular weight is 475 g/mol. The molecule has 1 amide bonds. The molecule has 0 saturated carbocycles. The van der Waals surface area contributed by atoms with Crippen molar-refractivity contribution in [3.05, 3.63) is 39.6 Å². The van der Waals surface area contributed by atoms with Crippen LogP contribution in [0, 0.1) is 5.92 Å². The Morgan fingerprint density at radius 1 is 1.25 bits per heavy atom. The number of nitrogens with one attached hydrogen (secondary N) is 1. The Hall–Kier alpha value is -2.11. The molecule has 2 unspecified atom stereocenters. The number of amides is 1. The van der Waals surface area contributed by atoms with E-state index in [9.17, 15) is 9.59 Å². The highest BCUT2D eigenvalue weighted by Gasteiger charge is 2.31. The van der Waals surface area contributed by atoms with Gasteiger partial charge in [-0.2, -0.15) is 0 Å². The summed E-state index contributed by atoms with van der Waals surface area (Å²) in [7, 11) is 0. The van der Waals surface area contributed by atoms with Crippen LogP contribution in [0.5, 0.6) is 0 Å². The van der Waals surface area contributed by atoms with E-state index in [1.54, 1.807) is 11.3 Å². The van der Waals surface area contributed by atoms with Crippen LogP contribution >= 0.6 is 22.7 Å². The van der Waals surface area contributed by atoms with Crippen molar-refractivity contribution in [3.8, 4) is 10.4 Å². The van der Waals surface area contributed by atoms with Crippen LogP contribution in [-0.4, -0.2) is 72.5 Å². The van der Waals surface area contributed by atoms with Crippen molar-refractivity contribution in [2.24, 2.45) is 5.92 Å². The van der Waals surface area contributed by atoms with Gasteiger partial charge >= 0.3 is 0 Å². The highest BCUT2D eigenvalue weighted by atomic mass is 32.1. The summed E-state index contributed by atoms with van der Waals surface area (Å²) in [4.78, 5) is 34.5. The maximum Gasteiger partial charge on any atom is 0.263 e. The Morgan fingerprint density at radius 3 is 2.88 bits per heavy atom. The first-order valence-electron chi connectivity index (χ1n) is 10.9. The fourth-order valence-electron chi connectivity index (χ4n) is 4.48. The summed E-state index contributed by atoms with van der Waals surface area (Å²) < 4.78 is 12.5. The monoisotopic (exact) mass is 474 g/mol. The van der Waals surface area contributed by atoms with Gasteiger partial charge in [-0.25, -0.2) is 4.98 Å². The summed E-state index contributed by atoms with van der Waals surface area (Å²) in [6, 6.07) is 4.17. The fourth-order valence-corrected chi connectivity index (χ4v) is 6.20. The molecule has 1 N–H and O–H groups in total. The number of fused-ring (bicyclic) bond motifs is 1. The number of ether oxygens (including phenoxy) is 2. The third kappa shape index (κ3) is 4.51. The Morgan fingerprint density at radius 2 is 2.12 bits per heavy atom.